The van der Waals surface area contributed by atoms with Gasteiger partial charge >= 0.3 is 0 Å². The highest BCUT2D eigenvalue weighted by Crippen LogP contribution is 2.41. The van der Waals surface area contributed by atoms with Crippen molar-refractivity contribution in [3.63, 3.8) is 0 Å². The van der Waals surface area contributed by atoms with Crippen LogP contribution in [0, 0.1) is 0 Å². The zero-order valence-electron chi connectivity index (χ0n) is 16.0. The molecule has 0 fully saturated rings. The number of ether oxygens (including phenoxy) is 3. The Morgan fingerprint density at radius 3 is 2.43 bits per heavy atom. The third kappa shape index (κ3) is 3.31. The standard InChI is InChI=1S/C22H21NO4S/c1-25-16-7-8-17-13(10-16)4-5-14-11-20(28-21(14)17)22(24)23-15-6-9-18(26-2)19(12-15)27-3/h6-12H,4-5H2,1-3H3,(H,23,24). The van der Waals surface area contributed by atoms with Crippen molar-refractivity contribution in [3.8, 4) is 27.7 Å². The van der Waals surface area contributed by atoms with Crippen molar-refractivity contribution in [1.29, 1.82) is 0 Å². The summed E-state index contributed by atoms with van der Waals surface area (Å²) in [6, 6.07) is 13.5. The number of anilines is 1. The van der Waals surface area contributed by atoms with Crippen LogP contribution in [-0.4, -0.2) is 27.2 Å². The molecule has 0 unspecified atom stereocenters. The van der Waals surface area contributed by atoms with Gasteiger partial charge in [-0.1, -0.05) is 0 Å². The number of hydrogen-bond donors (Lipinski definition) is 1. The monoisotopic (exact) mass is 395 g/mol. The molecule has 4 rings (SSSR count). The lowest BCUT2D eigenvalue weighted by Crippen LogP contribution is -2.10. The third-order valence-electron chi connectivity index (χ3n) is 4.89. The molecule has 1 heterocycles. The largest absolute Gasteiger partial charge is 0.497 e. The second kappa shape index (κ2) is 7.56. The summed E-state index contributed by atoms with van der Waals surface area (Å²) in [4.78, 5) is 14.7. The Morgan fingerprint density at radius 1 is 0.893 bits per heavy atom. The number of methoxy groups -OCH3 is 3. The normalized spacial score (nSPS) is 12.0. The molecular weight excluding hydrogens is 374 g/mol. The Kier molecular flexibility index (Phi) is 4.96. The topological polar surface area (TPSA) is 56.8 Å². The lowest BCUT2D eigenvalue weighted by atomic mass is 9.91. The fraction of sp³-hybridized carbons (Fsp3) is 0.227. The van der Waals surface area contributed by atoms with Crippen LogP contribution in [-0.2, 0) is 12.8 Å². The second-order valence-electron chi connectivity index (χ2n) is 6.51. The van der Waals surface area contributed by atoms with Gasteiger partial charge in [-0.2, -0.15) is 0 Å². The highest BCUT2D eigenvalue weighted by molar-refractivity contribution is 7.17. The van der Waals surface area contributed by atoms with Gasteiger partial charge in [0.2, 0.25) is 0 Å². The second-order valence-corrected chi connectivity index (χ2v) is 7.56. The minimum atomic E-state index is -0.123. The van der Waals surface area contributed by atoms with Crippen LogP contribution in [0.4, 0.5) is 5.69 Å². The van der Waals surface area contributed by atoms with E-state index in [2.05, 4.69) is 17.4 Å². The molecule has 0 spiro atoms. The summed E-state index contributed by atoms with van der Waals surface area (Å²) < 4.78 is 15.9. The minimum Gasteiger partial charge on any atom is -0.497 e. The van der Waals surface area contributed by atoms with E-state index in [9.17, 15) is 4.79 Å². The number of rotatable bonds is 5. The molecule has 144 valence electrons. The maximum Gasteiger partial charge on any atom is 0.265 e. The molecule has 0 saturated carbocycles. The molecule has 0 aliphatic heterocycles. The van der Waals surface area contributed by atoms with Gasteiger partial charge in [0.05, 0.1) is 26.2 Å². The summed E-state index contributed by atoms with van der Waals surface area (Å²) >= 11 is 1.53. The molecule has 0 atom stereocenters. The number of amides is 1. The molecule has 6 heteroatoms. The van der Waals surface area contributed by atoms with Gasteiger partial charge in [0.15, 0.2) is 11.5 Å². The predicted octanol–water partition coefficient (Wildman–Crippen LogP) is 4.79. The highest BCUT2D eigenvalue weighted by atomic mass is 32.1. The smallest absolute Gasteiger partial charge is 0.265 e. The van der Waals surface area contributed by atoms with Crippen LogP contribution >= 0.6 is 11.3 Å². The number of benzene rings is 2. The number of thiophene rings is 1. The van der Waals surface area contributed by atoms with Gasteiger partial charge < -0.3 is 19.5 Å². The van der Waals surface area contributed by atoms with Crippen molar-refractivity contribution in [1.82, 2.24) is 0 Å². The predicted molar refractivity (Wildman–Crippen MR) is 111 cm³/mol. The van der Waals surface area contributed by atoms with Gasteiger partial charge in [0.25, 0.3) is 5.91 Å². The van der Waals surface area contributed by atoms with Crippen molar-refractivity contribution in [2.24, 2.45) is 0 Å². The summed E-state index contributed by atoms with van der Waals surface area (Å²) in [5.41, 5.74) is 4.34. The molecule has 1 amide bonds. The highest BCUT2D eigenvalue weighted by Gasteiger charge is 2.22. The molecule has 1 N–H and O–H groups in total. The summed E-state index contributed by atoms with van der Waals surface area (Å²) in [5.74, 6) is 1.94. The Morgan fingerprint density at radius 2 is 1.68 bits per heavy atom. The van der Waals surface area contributed by atoms with E-state index in [1.54, 1.807) is 39.5 Å². The maximum atomic E-state index is 12.8. The average Bonchev–Trinajstić information content (AvgIpc) is 3.18. The molecule has 1 aliphatic rings. The van der Waals surface area contributed by atoms with Gasteiger partial charge in [-0.3, -0.25) is 4.79 Å². The summed E-state index contributed by atoms with van der Waals surface area (Å²) in [6.07, 6.45) is 1.88. The van der Waals surface area contributed by atoms with Gasteiger partial charge in [0, 0.05) is 16.6 Å². The first kappa shape index (κ1) is 18.4. The Bertz CT molecular complexity index is 1040. The van der Waals surface area contributed by atoms with Gasteiger partial charge in [0.1, 0.15) is 5.75 Å². The molecule has 1 aliphatic carbocycles. The van der Waals surface area contributed by atoms with Gasteiger partial charge in [-0.15, -0.1) is 11.3 Å². The van der Waals surface area contributed by atoms with Crippen LogP contribution in [0.15, 0.2) is 42.5 Å². The number of aryl methyl sites for hydroxylation is 2. The maximum absolute atomic E-state index is 12.8. The van der Waals surface area contributed by atoms with Crippen molar-refractivity contribution in [3.05, 3.63) is 58.5 Å². The molecule has 0 bridgehead atoms. The van der Waals surface area contributed by atoms with E-state index in [4.69, 9.17) is 14.2 Å². The van der Waals surface area contributed by atoms with E-state index in [-0.39, 0.29) is 5.91 Å². The zero-order valence-corrected chi connectivity index (χ0v) is 16.8. The quantitative estimate of drug-likeness (QED) is 0.675. The molecule has 0 saturated heterocycles. The van der Waals surface area contributed by atoms with Gasteiger partial charge in [-0.25, -0.2) is 0 Å². The number of carbonyl (C=O) groups excluding carboxylic acids is 1. The Hall–Kier alpha value is -2.99. The SMILES string of the molecule is COc1ccc2c(c1)CCc1cc(C(=O)Nc3ccc(OC)c(OC)c3)sc1-2. The fourth-order valence-corrected chi connectivity index (χ4v) is 4.62. The third-order valence-corrected chi connectivity index (χ3v) is 6.10. The molecule has 0 radical (unpaired) electrons. The molecule has 28 heavy (non-hydrogen) atoms. The van der Waals surface area contributed by atoms with Crippen LogP contribution in [0.25, 0.3) is 10.4 Å². The van der Waals surface area contributed by atoms with Crippen LogP contribution < -0.4 is 19.5 Å². The van der Waals surface area contributed by atoms with Crippen LogP contribution in [0.5, 0.6) is 17.2 Å². The molecule has 2 aromatic carbocycles. The first-order valence-corrected chi connectivity index (χ1v) is 9.78. The van der Waals surface area contributed by atoms with E-state index in [0.29, 0.717) is 22.1 Å². The number of nitrogens with one attached hydrogen (secondary N) is 1. The van der Waals surface area contributed by atoms with E-state index >= 15 is 0 Å². The molecule has 1 aromatic heterocycles. The summed E-state index contributed by atoms with van der Waals surface area (Å²) in [5, 5.41) is 2.95. The molecular formula is C22H21NO4S. The van der Waals surface area contributed by atoms with E-state index in [1.807, 2.05) is 12.1 Å². The summed E-state index contributed by atoms with van der Waals surface area (Å²) in [7, 11) is 4.83. The minimum absolute atomic E-state index is 0.123. The summed E-state index contributed by atoms with van der Waals surface area (Å²) in [6.45, 7) is 0. The van der Waals surface area contributed by atoms with E-state index in [0.717, 1.165) is 18.6 Å². The van der Waals surface area contributed by atoms with Gasteiger partial charge in [-0.05, 0) is 65.9 Å². The van der Waals surface area contributed by atoms with Crippen LogP contribution in [0.2, 0.25) is 0 Å². The lowest BCUT2D eigenvalue weighted by Gasteiger charge is -2.16. The molecule has 5 nitrogen and oxygen atoms in total. The van der Waals surface area contributed by atoms with Crippen molar-refractivity contribution >= 4 is 22.9 Å². The van der Waals surface area contributed by atoms with Crippen molar-refractivity contribution in [2.45, 2.75) is 12.8 Å². The molecule has 3 aromatic rings. The van der Waals surface area contributed by atoms with E-state index < -0.39 is 0 Å². The van der Waals surface area contributed by atoms with Crippen LogP contribution in [0.1, 0.15) is 20.8 Å². The Balaban J connectivity index is 1.60. The van der Waals surface area contributed by atoms with Crippen LogP contribution in [0.3, 0.4) is 0 Å². The number of hydrogen-bond acceptors (Lipinski definition) is 5. The first-order valence-electron chi connectivity index (χ1n) is 8.96. The number of fused-ring (bicyclic) bond motifs is 3. The van der Waals surface area contributed by atoms with Crippen molar-refractivity contribution in [2.75, 3.05) is 26.6 Å². The first-order chi connectivity index (χ1) is 13.6. The van der Waals surface area contributed by atoms with E-state index in [1.165, 1.54) is 32.9 Å². The Labute approximate surface area is 167 Å². The fourth-order valence-electron chi connectivity index (χ4n) is 3.46. The van der Waals surface area contributed by atoms with Crippen molar-refractivity contribution < 1.29 is 19.0 Å². The average molecular weight is 395 g/mol. The lowest BCUT2D eigenvalue weighted by molar-refractivity contribution is 0.103. The zero-order chi connectivity index (χ0) is 19.7. The number of carbonyl (C=O) groups is 1.